The van der Waals surface area contributed by atoms with Crippen LogP contribution >= 0.6 is 0 Å². The Balaban J connectivity index is 1.82. The Kier molecular flexibility index (Phi) is 5.05. The zero-order valence-electron chi connectivity index (χ0n) is 11.6. The number of hydrogen-bond acceptors (Lipinski definition) is 3. The van der Waals surface area contributed by atoms with Crippen LogP contribution in [0.1, 0.15) is 39.0 Å². The van der Waals surface area contributed by atoms with Gasteiger partial charge < -0.3 is 10.1 Å². The molecule has 1 N–H and O–H groups in total. The van der Waals surface area contributed by atoms with Gasteiger partial charge in [-0.25, -0.2) is 0 Å². The highest BCUT2D eigenvalue weighted by Gasteiger charge is 2.16. The molecule has 102 valence electrons. The van der Waals surface area contributed by atoms with Gasteiger partial charge in [0.15, 0.2) is 0 Å². The largest absolute Gasteiger partial charge is 0.383 e. The molecule has 1 fully saturated rings. The first-order valence-electron chi connectivity index (χ1n) is 7.06. The van der Waals surface area contributed by atoms with E-state index in [1.54, 1.807) is 7.11 Å². The fourth-order valence-electron chi connectivity index (χ4n) is 2.61. The zero-order valence-corrected chi connectivity index (χ0v) is 11.6. The van der Waals surface area contributed by atoms with E-state index in [0.29, 0.717) is 12.6 Å². The molecule has 4 nitrogen and oxygen atoms in total. The van der Waals surface area contributed by atoms with Crippen LogP contribution in [0.15, 0.2) is 12.4 Å². The molecule has 1 saturated carbocycles. The van der Waals surface area contributed by atoms with E-state index in [1.807, 2.05) is 10.9 Å². The van der Waals surface area contributed by atoms with E-state index in [9.17, 15) is 0 Å². The number of ether oxygens (including phenoxy) is 1. The van der Waals surface area contributed by atoms with Gasteiger partial charge in [-0.1, -0.05) is 19.8 Å². The van der Waals surface area contributed by atoms with Gasteiger partial charge in [-0.15, -0.1) is 0 Å². The Morgan fingerprint density at radius 1 is 1.39 bits per heavy atom. The van der Waals surface area contributed by atoms with Gasteiger partial charge in [-0.05, 0) is 25.2 Å². The van der Waals surface area contributed by atoms with Crippen LogP contribution in [0.5, 0.6) is 0 Å². The molecule has 0 amide bonds. The van der Waals surface area contributed by atoms with E-state index in [1.165, 1.54) is 32.1 Å². The summed E-state index contributed by atoms with van der Waals surface area (Å²) in [6.45, 7) is 3.90. The van der Waals surface area contributed by atoms with Crippen molar-refractivity contribution in [2.75, 3.05) is 19.0 Å². The molecular formula is C14H25N3O. The smallest absolute Gasteiger partial charge is 0.0728 e. The summed E-state index contributed by atoms with van der Waals surface area (Å²) in [5, 5.41) is 7.95. The normalized spacial score (nSPS) is 24.8. The van der Waals surface area contributed by atoms with E-state index in [0.717, 1.165) is 18.2 Å². The van der Waals surface area contributed by atoms with E-state index < -0.39 is 0 Å². The summed E-state index contributed by atoms with van der Waals surface area (Å²) in [7, 11) is 1.72. The molecule has 0 saturated heterocycles. The second kappa shape index (κ2) is 6.78. The molecule has 18 heavy (non-hydrogen) atoms. The van der Waals surface area contributed by atoms with Crippen molar-refractivity contribution in [2.45, 2.75) is 51.6 Å². The van der Waals surface area contributed by atoms with Crippen LogP contribution in [0.4, 0.5) is 5.69 Å². The lowest BCUT2D eigenvalue weighted by Crippen LogP contribution is -2.18. The van der Waals surface area contributed by atoms with Gasteiger partial charge in [0, 0.05) is 19.3 Å². The molecule has 0 radical (unpaired) electrons. The summed E-state index contributed by atoms with van der Waals surface area (Å²) >= 11 is 0. The summed E-state index contributed by atoms with van der Waals surface area (Å²) in [6, 6.07) is 0.620. The molecule has 2 unspecified atom stereocenters. The lowest BCUT2D eigenvalue weighted by atomic mass is 10.0. The van der Waals surface area contributed by atoms with Crippen molar-refractivity contribution in [3.05, 3.63) is 12.4 Å². The molecule has 0 aromatic carbocycles. The number of anilines is 1. The second-order valence-corrected chi connectivity index (χ2v) is 5.44. The summed E-state index contributed by atoms with van der Waals surface area (Å²) in [5.41, 5.74) is 1.14. The third-order valence-corrected chi connectivity index (χ3v) is 3.79. The fraction of sp³-hybridized carbons (Fsp3) is 0.786. The van der Waals surface area contributed by atoms with E-state index >= 15 is 0 Å². The average molecular weight is 251 g/mol. The predicted molar refractivity (Wildman–Crippen MR) is 73.8 cm³/mol. The van der Waals surface area contributed by atoms with Gasteiger partial charge >= 0.3 is 0 Å². The lowest BCUT2D eigenvalue weighted by Gasteiger charge is -2.16. The van der Waals surface area contributed by atoms with Gasteiger partial charge in [0.1, 0.15) is 0 Å². The Morgan fingerprint density at radius 2 is 2.28 bits per heavy atom. The van der Waals surface area contributed by atoms with Gasteiger partial charge in [0.05, 0.1) is 25.0 Å². The highest BCUT2D eigenvalue weighted by Crippen LogP contribution is 2.24. The van der Waals surface area contributed by atoms with Crippen molar-refractivity contribution < 1.29 is 4.74 Å². The van der Waals surface area contributed by atoms with E-state index in [2.05, 4.69) is 23.5 Å². The van der Waals surface area contributed by atoms with Crippen molar-refractivity contribution in [1.82, 2.24) is 9.78 Å². The van der Waals surface area contributed by atoms with Crippen molar-refractivity contribution in [2.24, 2.45) is 5.92 Å². The number of methoxy groups -OCH3 is 1. The first-order valence-corrected chi connectivity index (χ1v) is 7.06. The van der Waals surface area contributed by atoms with Crippen molar-refractivity contribution >= 4 is 5.69 Å². The molecular weight excluding hydrogens is 226 g/mol. The van der Waals surface area contributed by atoms with E-state index in [-0.39, 0.29) is 0 Å². The summed E-state index contributed by atoms with van der Waals surface area (Å²) in [5.74, 6) is 0.890. The molecule has 1 aliphatic carbocycles. The molecule has 2 atom stereocenters. The van der Waals surface area contributed by atoms with E-state index in [4.69, 9.17) is 4.74 Å². The minimum Gasteiger partial charge on any atom is -0.383 e. The molecule has 2 rings (SSSR count). The molecule has 0 spiro atoms. The average Bonchev–Trinajstić information content (AvgIpc) is 2.70. The second-order valence-electron chi connectivity index (χ2n) is 5.44. The third kappa shape index (κ3) is 4.02. The zero-order chi connectivity index (χ0) is 12.8. The van der Waals surface area contributed by atoms with Crippen LogP contribution in [0.2, 0.25) is 0 Å². The van der Waals surface area contributed by atoms with Crippen molar-refractivity contribution in [3.63, 3.8) is 0 Å². The van der Waals surface area contributed by atoms with Crippen LogP contribution < -0.4 is 5.32 Å². The SMILES string of the molecule is COCCn1cc(NC2CCCC(C)CC2)cn1. The first kappa shape index (κ1) is 13.4. The Morgan fingerprint density at radius 3 is 3.11 bits per heavy atom. The Bertz CT molecular complexity index is 351. The lowest BCUT2D eigenvalue weighted by molar-refractivity contribution is 0.183. The van der Waals surface area contributed by atoms with Crippen molar-refractivity contribution in [1.29, 1.82) is 0 Å². The monoisotopic (exact) mass is 251 g/mol. The highest BCUT2D eigenvalue weighted by atomic mass is 16.5. The topological polar surface area (TPSA) is 39.1 Å². The summed E-state index contributed by atoms with van der Waals surface area (Å²) in [6.07, 6.45) is 10.6. The maximum atomic E-state index is 5.05. The number of aromatic nitrogens is 2. The van der Waals surface area contributed by atoms with Gasteiger partial charge in [0.25, 0.3) is 0 Å². The summed E-state index contributed by atoms with van der Waals surface area (Å²) < 4.78 is 6.99. The van der Waals surface area contributed by atoms with Crippen LogP contribution in [0, 0.1) is 5.92 Å². The number of nitrogens with zero attached hydrogens (tertiary/aromatic N) is 2. The molecule has 1 heterocycles. The molecule has 1 aromatic rings. The maximum Gasteiger partial charge on any atom is 0.0728 e. The number of rotatable bonds is 5. The van der Waals surface area contributed by atoms with Gasteiger partial charge in [-0.2, -0.15) is 5.10 Å². The standard InChI is InChI=1S/C14H25N3O/c1-12-4-3-5-13(7-6-12)16-14-10-15-17(11-14)8-9-18-2/h10-13,16H,3-9H2,1-2H3. The third-order valence-electron chi connectivity index (χ3n) is 3.79. The quantitative estimate of drug-likeness (QED) is 0.818. The van der Waals surface area contributed by atoms with Crippen LogP contribution in [0.3, 0.4) is 0 Å². The van der Waals surface area contributed by atoms with Gasteiger partial charge in [-0.3, -0.25) is 4.68 Å². The van der Waals surface area contributed by atoms with Crippen LogP contribution in [0.25, 0.3) is 0 Å². The predicted octanol–water partition coefficient (Wildman–Crippen LogP) is 2.91. The van der Waals surface area contributed by atoms with Gasteiger partial charge in [0.2, 0.25) is 0 Å². The first-order chi connectivity index (χ1) is 8.78. The Labute approximate surface area is 110 Å². The summed E-state index contributed by atoms with van der Waals surface area (Å²) in [4.78, 5) is 0. The highest BCUT2D eigenvalue weighted by molar-refractivity contribution is 5.39. The maximum absolute atomic E-state index is 5.05. The minimum atomic E-state index is 0.620. The molecule has 0 bridgehead atoms. The molecule has 1 aromatic heterocycles. The number of nitrogens with one attached hydrogen (secondary N) is 1. The fourth-order valence-corrected chi connectivity index (χ4v) is 2.61. The minimum absolute atomic E-state index is 0.620. The van der Waals surface area contributed by atoms with Crippen molar-refractivity contribution in [3.8, 4) is 0 Å². The number of hydrogen-bond donors (Lipinski definition) is 1. The van der Waals surface area contributed by atoms with Crippen LogP contribution in [-0.4, -0.2) is 29.5 Å². The molecule has 1 aliphatic rings. The molecule has 4 heteroatoms. The Hall–Kier alpha value is -1.03. The molecule has 0 aliphatic heterocycles. The van der Waals surface area contributed by atoms with Crippen LogP contribution in [-0.2, 0) is 11.3 Å².